The monoisotopic (exact) mass is 370 g/mol. The molecule has 1 aromatic rings. The molecule has 0 bridgehead atoms. The largest absolute Gasteiger partial charge is 0.126 e. The van der Waals surface area contributed by atoms with Gasteiger partial charge in [-0.1, -0.05) is 25.5 Å². The van der Waals surface area contributed by atoms with Gasteiger partial charge in [-0.3, -0.25) is 0 Å². The van der Waals surface area contributed by atoms with Gasteiger partial charge in [-0.15, -0.1) is 23.2 Å². The van der Waals surface area contributed by atoms with Gasteiger partial charge < -0.3 is 0 Å². The number of benzene rings is 1. The Kier molecular flexibility index (Phi) is 6.45. The van der Waals surface area contributed by atoms with Gasteiger partial charge in [0.05, 0.1) is 0 Å². The molecule has 0 N–H and O–H groups in total. The lowest BCUT2D eigenvalue weighted by atomic mass is 9.81. The number of rotatable bonds is 6. The molecule has 16 heavy (non-hydrogen) atoms. The Morgan fingerprint density at radius 1 is 1.12 bits per heavy atom. The summed E-state index contributed by atoms with van der Waals surface area (Å²) in [7, 11) is 0. The van der Waals surface area contributed by atoms with E-state index in [0.29, 0.717) is 11.8 Å². The van der Waals surface area contributed by atoms with Gasteiger partial charge in [-0.05, 0) is 53.1 Å². The van der Waals surface area contributed by atoms with Crippen molar-refractivity contribution in [3.8, 4) is 0 Å². The Balaban J connectivity index is 2.78. The van der Waals surface area contributed by atoms with Crippen LogP contribution >= 0.6 is 45.8 Å². The second kappa shape index (κ2) is 7.07. The van der Waals surface area contributed by atoms with E-state index < -0.39 is 0 Å². The van der Waals surface area contributed by atoms with E-state index in [9.17, 15) is 0 Å². The lowest BCUT2D eigenvalue weighted by Gasteiger charge is -2.29. The molecule has 0 aliphatic carbocycles. The molecule has 0 spiro atoms. The third-order valence-electron chi connectivity index (χ3n) is 2.84. The summed E-state index contributed by atoms with van der Waals surface area (Å²) in [5, 5.41) is 0. The van der Waals surface area contributed by atoms with Crippen LogP contribution in [0.1, 0.15) is 25.3 Å². The molecule has 0 aliphatic heterocycles. The molecule has 0 fully saturated rings. The predicted molar refractivity (Wildman–Crippen MR) is 81.6 cm³/mol. The fraction of sp³-hybridized carbons (Fsp3) is 0.538. The summed E-state index contributed by atoms with van der Waals surface area (Å²) in [5.74, 6) is 1.27. The molecule has 90 valence electrons. The van der Waals surface area contributed by atoms with Crippen LogP contribution in [0.5, 0.6) is 0 Å². The van der Waals surface area contributed by atoms with Crippen LogP contribution in [0.4, 0.5) is 0 Å². The molecule has 0 saturated carbocycles. The maximum absolute atomic E-state index is 6.10. The van der Waals surface area contributed by atoms with Gasteiger partial charge in [0, 0.05) is 20.7 Å². The Labute approximate surface area is 122 Å². The molecule has 1 aromatic carbocycles. The minimum atomic E-state index is 0.0602. The highest BCUT2D eigenvalue weighted by Crippen LogP contribution is 2.32. The minimum Gasteiger partial charge on any atom is -0.126 e. The number of hydrogen-bond acceptors (Lipinski definition) is 0. The van der Waals surface area contributed by atoms with Crippen LogP contribution in [-0.2, 0) is 6.42 Å². The zero-order valence-corrected chi connectivity index (χ0v) is 13.1. The first-order valence-corrected chi connectivity index (χ1v) is 7.67. The standard InChI is InChI=1S/C13H17Cl2I/c1-2-7-13(9-14,10-15)8-11-3-5-12(16)6-4-11/h3-6H,2,7-10H2,1H3. The average molecular weight is 371 g/mol. The fourth-order valence-corrected chi connectivity index (χ4v) is 3.02. The van der Waals surface area contributed by atoms with Crippen LogP contribution in [0.15, 0.2) is 24.3 Å². The quantitative estimate of drug-likeness (QED) is 0.482. The molecule has 0 atom stereocenters. The summed E-state index contributed by atoms with van der Waals surface area (Å²) in [6.07, 6.45) is 3.19. The van der Waals surface area contributed by atoms with Gasteiger partial charge in [-0.2, -0.15) is 0 Å². The third-order valence-corrected chi connectivity index (χ3v) is 4.69. The highest BCUT2D eigenvalue weighted by atomic mass is 127. The zero-order valence-electron chi connectivity index (χ0n) is 9.48. The van der Waals surface area contributed by atoms with E-state index in [4.69, 9.17) is 23.2 Å². The van der Waals surface area contributed by atoms with E-state index >= 15 is 0 Å². The van der Waals surface area contributed by atoms with Gasteiger partial charge in [0.1, 0.15) is 0 Å². The molecule has 0 saturated heterocycles. The highest BCUT2D eigenvalue weighted by molar-refractivity contribution is 14.1. The van der Waals surface area contributed by atoms with Crippen molar-refractivity contribution >= 4 is 45.8 Å². The van der Waals surface area contributed by atoms with Gasteiger partial charge in [0.15, 0.2) is 0 Å². The summed E-state index contributed by atoms with van der Waals surface area (Å²) >= 11 is 14.5. The van der Waals surface area contributed by atoms with Gasteiger partial charge in [0.25, 0.3) is 0 Å². The average Bonchev–Trinajstić information content (AvgIpc) is 2.31. The maximum Gasteiger partial charge on any atom is 0.0294 e. The van der Waals surface area contributed by atoms with Crippen molar-refractivity contribution in [3.63, 3.8) is 0 Å². The first kappa shape index (κ1) is 14.6. The van der Waals surface area contributed by atoms with Crippen molar-refractivity contribution in [2.24, 2.45) is 5.41 Å². The molecule has 0 aliphatic rings. The Hall–Kier alpha value is 0.530. The lowest BCUT2D eigenvalue weighted by molar-refractivity contribution is 0.341. The maximum atomic E-state index is 6.10. The Morgan fingerprint density at radius 2 is 1.69 bits per heavy atom. The molecular weight excluding hydrogens is 354 g/mol. The van der Waals surface area contributed by atoms with E-state index in [1.54, 1.807) is 0 Å². The van der Waals surface area contributed by atoms with Crippen molar-refractivity contribution in [3.05, 3.63) is 33.4 Å². The summed E-state index contributed by atoms with van der Waals surface area (Å²) < 4.78 is 1.26. The first-order valence-electron chi connectivity index (χ1n) is 5.52. The van der Waals surface area contributed by atoms with Crippen molar-refractivity contribution in [1.82, 2.24) is 0 Å². The van der Waals surface area contributed by atoms with Crippen LogP contribution in [0.25, 0.3) is 0 Å². The molecule has 0 heterocycles. The topological polar surface area (TPSA) is 0 Å². The van der Waals surface area contributed by atoms with E-state index in [1.807, 2.05) is 0 Å². The smallest absolute Gasteiger partial charge is 0.0294 e. The number of alkyl halides is 2. The van der Waals surface area contributed by atoms with Gasteiger partial charge in [-0.25, -0.2) is 0 Å². The molecule has 1 rings (SSSR count). The first-order chi connectivity index (χ1) is 7.65. The van der Waals surface area contributed by atoms with Crippen LogP contribution < -0.4 is 0 Å². The summed E-state index contributed by atoms with van der Waals surface area (Å²) in [5.41, 5.74) is 1.39. The van der Waals surface area contributed by atoms with Gasteiger partial charge >= 0.3 is 0 Å². The number of halogens is 3. The molecule has 0 nitrogen and oxygen atoms in total. The summed E-state index contributed by atoms with van der Waals surface area (Å²) in [4.78, 5) is 0. The van der Waals surface area contributed by atoms with E-state index in [1.165, 1.54) is 9.13 Å². The normalized spacial score (nSPS) is 11.8. The Bertz CT molecular complexity index is 304. The Morgan fingerprint density at radius 3 is 2.12 bits per heavy atom. The van der Waals surface area contributed by atoms with Crippen molar-refractivity contribution in [2.45, 2.75) is 26.2 Å². The lowest BCUT2D eigenvalue weighted by Crippen LogP contribution is -2.27. The molecule has 3 heteroatoms. The van der Waals surface area contributed by atoms with Crippen LogP contribution in [0.3, 0.4) is 0 Å². The van der Waals surface area contributed by atoms with Crippen LogP contribution in [-0.4, -0.2) is 11.8 Å². The fourth-order valence-electron chi connectivity index (χ4n) is 1.92. The van der Waals surface area contributed by atoms with Crippen molar-refractivity contribution in [1.29, 1.82) is 0 Å². The van der Waals surface area contributed by atoms with E-state index in [-0.39, 0.29) is 5.41 Å². The second-order valence-corrected chi connectivity index (χ2v) is 6.10. The van der Waals surface area contributed by atoms with Crippen molar-refractivity contribution in [2.75, 3.05) is 11.8 Å². The molecule has 0 radical (unpaired) electrons. The molecule has 0 aromatic heterocycles. The van der Waals surface area contributed by atoms with Gasteiger partial charge in [0.2, 0.25) is 0 Å². The van der Waals surface area contributed by atoms with E-state index in [0.717, 1.165) is 19.3 Å². The summed E-state index contributed by atoms with van der Waals surface area (Å²) in [6, 6.07) is 8.61. The number of hydrogen-bond donors (Lipinski definition) is 0. The minimum absolute atomic E-state index is 0.0602. The van der Waals surface area contributed by atoms with Crippen molar-refractivity contribution < 1.29 is 0 Å². The molecule has 0 unspecified atom stereocenters. The summed E-state index contributed by atoms with van der Waals surface area (Å²) in [6.45, 7) is 2.18. The molecular formula is C13H17Cl2I. The van der Waals surface area contributed by atoms with Crippen LogP contribution in [0, 0.1) is 8.99 Å². The molecule has 0 amide bonds. The SMILES string of the molecule is CCCC(CCl)(CCl)Cc1ccc(I)cc1. The van der Waals surface area contributed by atoms with Crippen LogP contribution in [0.2, 0.25) is 0 Å². The van der Waals surface area contributed by atoms with E-state index in [2.05, 4.69) is 53.8 Å². The predicted octanol–water partition coefficient (Wildman–Crippen LogP) is 5.10. The zero-order chi connectivity index (χ0) is 12.0. The third kappa shape index (κ3) is 4.08. The highest BCUT2D eigenvalue weighted by Gasteiger charge is 2.27. The second-order valence-electron chi connectivity index (χ2n) is 4.32.